The van der Waals surface area contributed by atoms with Crippen LogP contribution in [-0.4, -0.2) is 56.2 Å². The predicted octanol–water partition coefficient (Wildman–Crippen LogP) is 1.68. The first-order chi connectivity index (χ1) is 10.4. The molecule has 0 spiro atoms. The molecule has 1 aromatic carbocycles. The monoisotopic (exact) mass is 326 g/mol. The maximum Gasteiger partial charge on any atom is 0.410 e. The first-order valence-electron chi connectivity index (χ1n) is 7.28. The average molecular weight is 326 g/mol. The zero-order chi connectivity index (χ0) is 16.2. The van der Waals surface area contributed by atoms with Crippen molar-refractivity contribution in [1.82, 2.24) is 9.21 Å². The van der Waals surface area contributed by atoms with Gasteiger partial charge in [-0.3, -0.25) is 0 Å². The summed E-state index contributed by atoms with van der Waals surface area (Å²) >= 11 is 0. The molecule has 1 aromatic rings. The van der Waals surface area contributed by atoms with Crippen molar-refractivity contribution in [2.24, 2.45) is 0 Å². The fourth-order valence-electron chi connectivity index (χ4n) is 2.44. The second-order valence-electron chi connectivity index (χ2n) is 5.55. The first kappa shape index (κ1) is 16.8. The highest BCUT2D eigenvalue weighted by Crippen LogP contribution is 2.20. The third-order valence-electron chi connectivity index (χ3n) is 3.84. The lowest BCUT2D eigenvalue weighted by molar-refractivity contribution is 0.0896. The molecule has 22 heavy (non-hydrogen) atoms. The lowest BCUT2D eigenvalue weighted by Crippen LogP contribution is -2.45. The highest BCUT2D eigenvalue weighted by atomic mass is 32.2. The normalized spacial score (nSPS) is 16.8. The Balaban J connectivity index is 1.83. The van der Waals surface area contributed by atoms with E-state index in [1.807, 2.05) is 30.3 Å². The van der Waals surface area contributed by atoms with Crippen molar-refractivity contribution in [2.75, 3.05) is 27.2 Å². The standard InChI is InChI=1S/C15H22N2O4S/c1-16(2)22(19,20)14-8-10-17(11-9-14)15(18)21-12-13-6-4-3-5-7-13/h3-7,14H,8-12H2,1-2H3. The van der Waals surface area contributed by atoms with E-state index in [9.17, 15) is 13.2 Å². The molecular formula is C15H22N2O4S. The van der Waals surface area contributed by atoms with Gasteiger partial charge in [-0.1, -0.05) is 30.3 Å². The number of rotatable bonds is 4. The molecule has 2 rings (SSSR count). The summed E-state index contributed by atoms with van der Waals surface area (Å²) in [5.41, 5.74) is 0.931. The van der Waals surface area contributed by atoms with E-state index in [-0.39, 0.29) is 12.7 Å². The fraction of sp³-hybridized carbons (Fsp3) is 0.533. The van der Waals surface area contributed by atoms with E-state index < -0.39 is 15.3 Å². The second-order valence-corrected chi connectivity index (χ2v) is 7.98. The fourth-order valence-corrected chi connectivity index (χ4v) is 3.85. The van der Waals surface area contributed by atoms with Crippen LogP contribution in [0.1, 0.15) is 18.4 Å². The number of amides is 1. The van der Waals surface area contributed by atoms with Crippen LogP contribution in [0.25, 0.3) is 0 Å². The molecule has 0 atom stereocenters. The van der Waals surface area contributed by atoms with Gasteiger partial charge in [-0.25, -0.2) is 17.5 Å². The van der Waals surface area contributed by atoms with Crippen LogP contribution in [0, 0.1) is 0 Å². The quantitative estimate of drug-likeness (QED) is 0.844. The summed E-state index contributed by atoms with van der Waals surface area (Å²) in [5, 5.41) is -0.416. The molecule has 1 aliphatic heterocycles. The van der Waals surface area contributed by atoms with Crippen LogP contribution < -0.4 is 0 Å². The minimum Gasteiger partial charge on any atom is -0.445 e. The smallest absolute Gasteiger partial charge is 0.410 e. The Morgan fingerprint density at radius 3 is 2.36 bits per heavy atom. The number of hydrogen-bond donors (Lipinski definition) is 0. The van der Waals surface area contributed by atoms with Crippen molar-refractivity contribution in [2.45, 2.75) is 24.7 Å². The molecule has 0 N–H and O–H groups in total. The van der Waals surface area contributed by atoms with Gasteiger partial charge in [0.25, 0.3) is 0 Å². The van der Waals surface area contributed by atoms with Gasteiger partial charge in [0.2, 0.25) is 10.0 Å². The van der Waals surface area contributed by atoms with E-state index >= 15 is 0 Å². The van der Waals surface area contributed by atoms with E-state index in [2.05, 4.69) is 0 Å². The molecule has 0 unspecified atom stereocenters. The van der Waals surface area contributed by atoms with Crippen LogP contribution >= 0.6 is 0 Å². The number of carbonyl (C=O) groups excluding carboxylic acids is 1. The van der Waals surface area contributed by atoms with Gasteiger partial charge < -0.3 is 9.64 Å². The second kappa shape index (κ2) is 7.11. The maximum atomic E-state index is 12.1. The number of piperidine rings is 1. The number of hydrogen-bond acceptors (Lipinski definition) is 4. The van der Waals surface area contributed by atoms with Gasteiger partial charge in [-0.05, 0) is 18.4 Å². The minimum atomic E-state index is -3.25. The van der Waals surface area contributed by atoms with Gasteiger partial charge >= 0.3 is 6.09 Å². The molecule has 1 heterocycles. The van der Waals surface area contributed by atoms with Crippen LogP contribution in [0.5, 0.6) is 0 Å². The van der Waals surface area contributed by atoms with Crippen molar-refractivity contribution in [3.05, 3.63) is 35.9 Å². The molecule has 0 bridgehead atoms. The van der Waals surface area contributed by atoms with Gasteiger partial charge in [0.05, 0.1) is 5.25 Å². The van der Waals surface area contributed by atoms with E-state index in [4.69, 9.17) is 4.74 Å². The Hall–Kier alpha value is -1.60. The summed E-state index contributed by atoms with van der Waals surface area (Å²) in [6.45, 7) is 1.05. The van der Waals surface area contributed by atoms with Crippen LogP contribution in [-0.2, 0) is 21.4 Å². The van der Waals surface area contributed by atoms with Gasteiger partial charge in [0.15, 0.2) is 0 Å². The van der Waals surface area contributed by atoms with Gasteiger partial charge in [0, 0.05) is 27.2 Å². The lowest BCUT2D eigenvalue weighted by atomic mass is 10.1. The van der Waals surface area contributed by atoms with Crippen molar-refractivity contribution in [3.8, 4) is 0 Å². The Kier molecular flexibility index (Phi) is 5.42. The zero-order valence-corrected chi connectivity index (χ0v) is 13.8. The van der Waals surface area contributed by atoms with Crippen LogP contribution in [0.2, 0.25) is 0 Å². The minimum absolute atomic E-state index is 0.232. The van der Waals surface area contributed by atoms with E-state index in [1.165, 1.54) is 18.4 Å². The zero-order valence-electron chi connectivity index (χ0n) is 12.9. The van der Waals surface area contributed by atoms with Gasteiger partial charge in [-0.15, -0.1) is 0 Å². The summed E-state index contributed by atoms with van der Waals surface area (Å²) in [6, 6.07) is 9.47. The summed E-state index contributed by atoms with van der Waals surface area (Å²) in [4.78, 5) is 13.6. The van der Waals surface area contributed by atoms with Crippen LogP contribution in [0.3, 0.4) is 0 Å². The largest absolute Gasteiger partial charge is 0.445 e. The summed E-state index contributed by atoms with van der Waals surface area (Å²) in [6.07, 6.45) is 0.506. The topological polar surface area (TPSA) is 66.9 Å². The van der Waals surface area contributed by atoms with Crippen molar-refractivity contribution >= 4 is 16.1 Å². The highest BCUT2D eigenvalue weighted by molar-refractivity contribution is 7.89. The molecule has 1 aliphatic rings. The maximum absolute atomic E-state index is 12.1. The Morgan fingerprint density at radius 2 is 1.82 bits per heavy atom. The van der Waals surface area contributed by atoms with Crippen molar-refractivity contribution in [3.63, 3.8) is 0 Å². The van der Waals surface area contributed by atoms with Gasteiger partial charge in [0.1, 0.15) is 6.61 Å². The Morgan fingerprint density at radius 1 is 1.23 bits per heavy atom. The molecule has 0 aliphatic carbocycles. The molecule has 122 valence electrons. The summed E-state index contributed by atoms with van der Waals surface area (Å²) < 4.78 is 30.6. The third kappa shape index (κ3) is 3.98. The molecule has 1 amide bonds. The molecular weight excluding hydrogens is 304 g/mol. The number of likely N-dealkylation sites (tertiary alicyclic amines) is 1. The van der Waals surface area contributed by atoms with E-state index in [1.54, 1.807) is 4.90 Å². The summed E-state index contributed by atoms with van der Waals surface area (Å²) in [7, 11) is -0.175. The molecule has 0 radical (unpaired) electrons. The van der Waals surface area contributed by atoms with E-state index in [0.29, 0.717) is 25.9 Å². The number of carbonyl (C=O) groups is 1. The summed E-state index contributed by atoms with van der Waals surface area (Å²) in [5.74, 6) is 0. The molecule has 0 saturated carbocycles. The van der Waals surface area contributed by atoms with Crippen molar-refractivity contribution in [1.29, 1.82) is 0 Å². The molecule has 6 nitrogen and oxygen atoms in total. The number of nitrogens with zero attached hydrogens (tertiary/aromatic N) is 2. The van der Waals surface area contributed by atoms with Gasteiger partial charge in [-0.2, -0.15) is 0 Å². The Labute approximate surface area is 131 Å². The number of ether oxygens (including phenoxy) is 1. The Bertz CT molecular complexity index is 593. The highest BCUT2D eigenvalue weighted by Gasteiger charge is 2.33. The van der Waals surface area contributed by atoms with E-state index in [0.717, 1.165) is 5.56 Å². The first-order valence-corrected chi connectivity index (χ1v) is 8.78. The number of benzene rings is 1. The molecule has 1 fully saturated rings. The molecule has 7 heteroatoms. The number of sulfonamides is 1. The lowest BCUT2D eigenvalue weighted by Gasteiger charge is -2.32. The van der Waals surface area contributed by atoms with Crippen molar-refractivity contribution < 1.29 is 17.9 Å². The van der Waals surface area contributed by atoms with Crippen LogP contribution in [0.4, 0.5) is 4.79 Å². The molecule has 1 saturated heterocycles. The third-order valence-corrected chi connectivity index (χ3v) is 6.17. The predicted molar refractivity (Wildman–Crippen MR) is 83.8 cm³/mol. The molecule has 0 aromatic heterocycles. The average Bonchev–Trinajstić information content (AvgIpc) is 2.53. The van der Waals surface area contributed by atoms with Crippen LogP contribution in [0.15, 0.2) is 30.3 Å². The SMILES string of the molecule is CN(C)S(=O)(=O)C1CCN(C(=O)OCc2ccccc2)CC1.